The van der Waals surface area contributed by atoms with E-state index in [1.807, 2.05) is 42.2 Å². The molecule has 3 heterocycles. The molecule has 0 atom stereocenters. The largest absolute Gasteiger partial charge is 0.384 e. The Balaban J connectivity index is 1.30. The maximum absolute atomic E-state index is 12.6. The van der Waals surface area contributed by atoms with Gasteiger partial charge < -0.3 is 15.1 Å². The van der Waals surface area contributed by atoms with Crippen LogP contribution in [0.1, 0.15) is 12.1 Å². The van der Waals surface area contributed by atoms with Crippen molar-refractivity contribution in [3.63, 3.8) is 0 Å². The first kappa shape index (κ1) is 18.2. The van der Waals surface area contributed by atoms with Crippen molar-refractivity contribution >= 4 is 28.4 Å². The van der Waals surface area contributed by atoms with Gasteiger partial charge in [0.05, 0.1) is 5.52 Å². The number of aryl methyl sites for hydroxylation is 1. The molecule has 1 saturated heterocycles. The van der Waals surface area contributed by atoms with Crippen LogP contribution in [0.15, 0.2) is 48.8 Å². The average Bonchev–Trinajstić information content (AvgIpc) is 2.74. The van der Waals surface area contributed by atoms with Gasteiger partial charge in [-0.2, -0.15) is 0 Å². The number of nitrogens with one attached hydrogen (secondary N) is 1. The summed E-state index contributed by atoms with van der Waals surface area (Å²) >= 11 is 0. The van der Waals surface area contributed by atoms with Crippen molar-refractivity contribution in [3.8, 4) is 0 Å². The zero-order valence-electron chi connectivity index (χ0n) is 16.0. The summed E-state index contributed by atoms with van der Waals surface area (Å²) in [5, 5.41) is 4.50. The molecule has 28 heavy (non-hydrogen) atoms. The Morgan fingerprint density at radius 2 is 1.82 bits per heavy atom. The topological polar surface area (TPSA) is 74.2 Å². The normalized spacial score (nSPS) is 14.3. The van der Waals surface area contributed by atoms with Gasteiger partial charge in [-0.1, -0.05) is 18.2 Å². The number of aromatic nitrogens is 3. The number of carbonyl (C=O) groups is 1. The van der Waals surface area contributed by atoms with E-state index in [-0.39, 0.29) is 5.91 Å². The second-order valence-corrected chi connectivity index (χ2v) is 6.92. The number of hydrogen-bond donors (Lipinski definition) is 1. The number of rotatable bonds is 5. The van der Waals surface area contributed by atoms with Crippen molar-refractivity contribution < 1.29 is 4.79 Å². The predicted molar refractivity (Wildman–Crippen MR) is 110 cm³/mol. The highest BCUT2D eigenvalue weighted by molar-refractivity contribution is 5.91. The minimum atomic E-state index is 0.177. The molecule has 1 amide bonds. The lowest BCUT2D eigenvalue weighted by atomic mass is 10.1. The molecule has 4 rings (SSSR count). The first-order valence-corrected chi connectivity index (χ1v) is 9.61. The molecule has 1 N–H and O–H groups in total. The quantitative estimate of drug-likeness (QED) is 0.737. The number of fused-ring (bicyclic) bond motifs is 1. The highest BCUT2D eigenvalue weighted by atomic mass is 16.2. The monoisotopic (exact) mass is 376 g/mol. The summed E-state index contributed by atoms with van der Waals surface area (Å²) < 4.78 is 0. The van der Waals surface area contributed by atoms with Gasteiger partial charge in [0.25, 0.3) is 0 Å². The molecular weight excluding hydrogens is 352 g/mol. The first-order chi connectivity index (χ1) is 13.7. The summed E-state index contributed by atoms with van der Waals surface area (Å²) in [6.45, 7) is 5.52. The Kier molecular flexibility index (Phi) is 5.32. The molecule has 0 unspecified atom stereocenters. The zero-order valence-corrected chi connectivity index (χ0v) is 16.0. The number of nitrogens with zero attached hydrogens (tertiary/aromatic N) is 5. The molecule has 7 nitrogen and oxygen atoms in total. The molecular formula is C21H24N6O. The van der Waals surface area contributed by atoms with Crippen LogP contribution >= 0.6 is 0 Å². The van der Waals surface area contributed by atoms with E-state index >= 15 is 0 Å². The lowest BCUT2D eigenvalue weighted by Crippen LogP contribution is -2.49. The predicted octanol–water partition coefficient (Wildman–Crippen LogP) is 2.48. The van der Waals surface area contributed by atoms with E-state index in [4.69, 9.17) is 0 Å². The molecule has 1 aliphatic rings. The van der Waals surface area contributed by atoms with E-state index in [1.165, 1.54) is 0 Å². The molecule has 3 aromatic rings. The summed E-state index contributed by atoms with van der Waals surface area (Å²) in [6, 6.07) is 11.9. The minimum absolute atomic E-state index is 0.177. The number of piperazine rings is 1. The van der Waals surface area contributed by atoms with Crippen LogP contribution in [0.25, 0.3) is 10.9 Å². The summed E-state index contributed by atoms with van der Waals surface area (Å²) in [4.78, 5) is 29.8. The Morgan fingerprint density at radius 1 is 1.07 bits per heavy atom. The molecule has 0 bridgehead atoms. The second-order valence-electron chi connectivity index (χ2n) is 6.92. The van der Waals surface area contributed by atoms with E-state index in [9.17, 15) is 4.79 Å². The molecule has 0 saturated carbocycles. The fourth-order valence-electron chi connectivity index (χ4n) is 3.53. The standard InChI is InChI=1S/C21H24N6O/c1-16-15-19(17-5-2-3-6-18(17)25-16)22-10-7-20(28)26-11-13-27(14-12-26)21-23-8-4-9-24-21/h2-6,8-9,15H,7,10-14H2,1H3,(H,22,25). The summed E-state index contributed by atoms with van der Waals surface area (Å²) in [5.41, 5.74) is 2.96. The van der Waals surface area contributed by atoms with Crippen LogP contribution in [0.5, 0.6) is 0 Å². The SMILES string of the molecule is Cc1cc(NCCC(=O)N2CCN(c3ncccn3)CC2)c2ccccc2n1. The van der Waals surface area contributed by atoms with E-state index in [0.717, 1.165) is 41.3 Å². The first-order valence-electron chi connectivity index (χ1n) is 9.61. The van der Waals surface area contributed by atoms with Gasteiger partial charge in [-0.15, -0.1) is 0 Å². The fraction of sp³-hybridized carbons (Fsp3) is 0.333. The van der Waals surface area contributed by atoms with Crippen LogP contribution in [-0.2, 0) is 4.79 Å². The molecule has 0 radical (unpaired) electrons. The van der Waals surface area contributed by atoms with E-state index in [1.54, 1.807) is 12.4 Å². The van der Waals surface area contributed by atoms with Crippen LogP contribution < -0.4 is 10.2 Å². The molecule has 1 fully saturated rings. The van der Waals surface area contributed by atoms with Gasteiger partial charge in [-0.3, -0.25) is 9.78 Å². The lowest BCUT2D eigenvalue weighted by molar-refractivity contribution is -0.131. The molecule has 0 spiro atoms. The fourth-order valence-corrected chi connectivity index (χ4v) is 3.53. The van der Waals surface area contributed by atoms with Gasteiger partial charge in [0, 0.05) is 68.3 Å². The van der Waals surface area contributed by atoms with Crippen LogP contribution in [0.3, 0.4) is 0 Å². The van der Waals surface area contributed by atoms with E-state index in [2.05, 4.69) is 31.2 Å². The number of para-hydroxylation sites is 1. The van der Waals surface area contributed by atoms with Crippen LogP contribution in [0.4, 0.5) is 11.6 Å². The molecule has 1 aliphatic heterocycles. The van der Waals surface area contributed by atoms with Crippen LogP contribution in [0.2, 0.25) is 0 Å². The number of pyridine rings is 1. The van der Waals surface area contributed by atoms with Gasteiger partial charge in [0.1, 0.15) is 0 Å². The number of hydrogen-bond acceptors (Lipinski definition) is 6. The molecule has 2 aromatic heterocycles. The number of benzene rings is 1. The van der Waals surface area contributed by atoms with Gasteiger partial charge in [-0.05, 0) is 25.1 Å². The highest BCUT2D eigenvalue weighted by Crippen LogP contribution is 2.22. The third kappa shape index (κ3) is 4.03. The number of anilines is 2. The maximum Gasteiger partial charge on any atom is 0.225 e. The minimum Gasteiger partial charge on any atom is -0.384 e. The number of carbonyl (C=O) groups excluding carboxylic acids is 1. The Morgan fingerprint density at radius 3 is 2.61 bits per heavy atom. The molecule has 1 aromatic carbocycles. The Labute approximate surface area is 164 Å². The molecule has 144 valence electrons. The van der Waals surface area contributed by atoms with Crippen molar-refractivity contribution in [2.24, 2.45) is 0 Å². The van der Waals surface area contributed by atoms with Crippen molar-refractivity contribution in [2.75, 3.05) is 42.9 Å². The van der Waals surface area contributed by atoms with Crippen molar-refractivity contribution in [1.82, 2.24) is 19.9 Å². The van der Waals surface area contributed by atoms with E-state index in [0.29, 0.717) is 26.1 Å². The van der Waals surface area contributed by atoms with Gasteiger partial charge in [0.15, 0.2) is 0 Å². The molecule has 0 aliphatic carbocycles. The number of amides is 1. The third-order valence-corrected chi connectivity index (χ3v) is 4.97. The second kappa shape index (κ2) is 8.21. The van der Waals surface area contributed by atoms with Crippen LogP contribution in [0, 0.1) is 6.92 Å². The van der Waals surface area contributed by atoms with Crippen molar-refractivity contribution in [3.05, 3.63) is 54.5 Å². The lowest BCUT2D eigenvalue weighted by Gasteiger charge is -2.34. The Bertz CT molecular complexity index is 954. The third-order valence-electron chi connectivity index (χ3n) is 4.97. The zero-order chi connectivity index (χ0) is 19.3. The summed E-state index contributed by atoms with van der Waals surface area (Å²) in [7, 11) is 0. The highest BCUT2D eigenvalue weighted by Gasteiger charge is 2.22. The average molecular weight is 376 g/mol. The van der Waals surface area contributed by atoms with Crippen molar-refractivity contribution in [1.29, 1.82) is 0 Å². The molecule has 7 heteroatoms. The summed E-state index contributed by atoms with van der Waals surface area (Å²) in [5.74, 6) is 0.910. The van der Waals surface area contributed by atoms with Gasteiger partial charge in [0.2, 0.25) is 11.9 Å². The van der Waals surface area contributed by atoms with Crippen molar-refractivity contribution in [2.45, 2.75) is 13.3 Å². The maximum atomic E-state index is 12.6. The van der Waals surface area contributed by atoms with E-state index < -0.39 is 0 Å². The Hall–Kier alpha value is -3.22. The smallest absolute Gasteiger partial charge is 0.225 e. The summed E-state index contributed by atoms with van der Waals surface area (Å²) in [6.07, 6.45) is 3.96. The van der Waals surface area contributed by atoms with Gasteiger partial charge in [-0.25, -0.2) is 9.97 Å². The van der Waals surface area contributed by atoms with Crippen LogP contribution in [-0.4, -0.2) is 58.5 Å². The van der Waals surface area contributed by atoms with Gasteiger partial charge >= 0.3 is 0 Å².